The van der Waals surface area contributed by atoms with Crippen LogP contribution in [0.15, 0.2) is 54.6 Å². The molecule has 2 aromatic carbocycles. The highest BCUT2D eigenvalue weighted by atomic mass is 16.1. The molecule has 1 atom stereocenters. The third-order valence-electron chi connectivity index (χ3n) is 3.06. The van der Waals surface area contributed by atoms with E-state index in [1.165, 1.54) is 0 Å². The van der Waals surface area contributed by atoms with E-state index >= 15 is 0 Å². The van der Waals surface area contributed by atoms with Gasteiger partial charge in [0.05, 0.1) is 6.04 Å². The predicted octanol–water partition coefficient (Wildman–Crippen LogP) is 3.13. The van der Waals surface area contributed by atoms with Crippen LogP contribution in [0, 0.1) is 0 Å². The van der Waals surface area contributed by atoms with Crippen LogP contribution in [0.5, 0.6) is 0 Å². The molecule has 2 N–H and O–H groups in total. The second-order valence-corrected chi connectivity index (χ2v) is 4.31. The standard InChI is InChI=1S/C16H17NO/c1-2-12-7-6-10-14(11-12)16(18)15(17)13-8-4-3-5-9-13/h3-11,15H,2,17H2,1H3. The highest BCUT2D eigenvalue weighted by Crippen LogP contribution is 2.17. The minimum absolute atomic E-state index is 0.0310. The molecule has 0 saturated carbocycles. The molecule has 2 rings (SSSR count). The Balaban J connectivity index is 2.25. The number of benzene rings is 2. The third kappa shape index (κ3) is 2.66. The lowest BCUT2D eigenvalue weighted by Crippen LogP contribution is -2.21. The van der Waals surface area contributed by atoms with Crippen LogP contribution in [0.25, 0.3) is 0 Å². The van der Waals surface area contributed by atoms with Gasteiger partial charge in [-0.3, -0.25) is 4.79 Å². The molecule has 92 valence electrons. The summed E-state index contributed by atoms with van der Waals surface area (Å²) in [5.74, 6) is -0.0310. The summed E-state index contributed by atoms with van der Waals surface area (Å²) >= 11 is 0. The van der Waals surface area contributed by atoms with E-state index in [4.69, 9.17) is 5.73 Å². The number of nitrogens with two attached hydrogens (primary N) is 1. The minimum atomic E-state index is -0.585. The van der Waals surface area contributed by atoms with Crippen molar-refractivity contribution in [2.24, 2.45) is 5.73 Å². The number of hydrogen-bond acceptors (Lipinski definition) is 2. The Morgan fingerprint density at radius 3 is 2.50 bits per heavy atom. The summed E-state index contributed by atoms with van der Waals surface area (Å²) in [6.45, 7) is 2.07. The average molecular weight is 239 g/mol. The van der Waals surface area contributed by atoms with E-state index < -0.39 is 6.04 Å². The van der Waals surface area contributed by atoms with Crippen LogP contribution in [0.1, 0.15) is 34.5 Å². The maximum absolute atomic E-state index is 12.3. The Morgan fingerprint density at radius 1 is 1.11 bits per heavy atom. The van der Waals surface area contributed by atoms with E-state index in [1.807, 2.05) is 54.6 Å². The van der Waals surface area contributed by atoms with Gasteiger partial charge in [-0.2, -0.15) is 0 Å². The van der Waals surface area contributed by atoms with E-state index in [2.05, 4.69) is 6.92 Å². The molecule has 0 aromatic heterocycles. The maximum atomic E-state index is 12.3. The smallest absolute Gasteiger partial charge is 0.184 e. The van der Waals surface area contributed by atoms with Crippen molar-refractivity contribution in [3.63, 3.8) is 0 Å². The number of ketones is 1. The molecule has 0 aliphatic rings. The molecule has 1 unspecified atom stereocenters. The SMILES string of the molecule is CCc1cccc(C(=O)C(N)c2ccccc2)c1. The molecular formula is C16H17NO. The third-order valence-corrected chi connectivity index (χ3v) is 3.06. The van der Waals surface area contributed by atoms with Gasteiger partial charge in [0, 0.05) is 5.56 Å². The predicted molar refractivity (Wildman–Crippen MR) is 73.5 cm³/mol. The summed E-state index contributed by atoms with van der Waals surface area (Å²) in [7, 11) is 0. The van der Waals surface area contributed by atoms with Crippen molar-refractivity contribution in [1.29, 1.82) is 0 Å². The molecule has 2 aromatic rings. The van der Waals surface area contributed by atoms with E-state index in [0.717, 1.165) is 17.5 Å². The fourth-order valence-electron chi connectivity index (χ4n) is 1.94. The van der Waals surface area contributed by atoms with Gasteiger partial charge in [0.2, 0.25) is 0 Å². The van der Waals surface area contributed by atoms with E-state index in [9.17, 15) is 4.79 Å². The van der Waals surface area contributed by atoms with Crippen LogP contribution in [0.3, 0.4) is 0 Å². The molecule has 0 heterocycles. The highest BCUT2D eigenvalue weighted by Gasteiger charge is 2.17. The van der Waals surface area contributed by atoms with Gasteiger partial charge < -0.3 is 5.73 Å². The first-order valence-corrected chi connectivity index (χ1v) is 6.16. The lowest BCUT2D eigenvalue weighted by Gasteiger charge is -2.11. The summed E-state index contributed by atoms with van der Waals surface area (Å²) in [5, 5.41) is 0. The Bertz CT molecular complexity index is 534. The van der Waals surface area contributed by atoms with Gasteiger partial charge in [-0.15, -0.1) is 0 Å². The fourth-order valence-corrected chi connectivity index (χ4v) is 1.94. The second kappa shape index (κ2) is 5.61. The van der Waals surface area contributed by atoms with Gasteiger partial charge in [0.15, 0.2) is 5.78 Å². The Kier molecular flexibility index (Phi) is 3.90. The molecular weight excluding hydrogens is 222 g/mol. The Hall–Kier alpha value is -1.93. The average Bonchev–Trinajstić information content (AvgIpc) is 2.46. The molecule has 2 heteroatoms. The molecule has 2 nitrogen and oxygen atoms in total. The molecule has 0 aliphatic heterocycles. The van der Waals surface area contributed by atoms with Gasteiger partial charge >= 0.3 is 0 Å². The summed E-state index contributed by atoms with van der Waals surface area (Å²) in [4.78, 5) is 12.3. The number of Topliss-reactive ketones (excluding diaryl/α,β-unsaturated/α-hetero) is 1. The molecule has 0 radical (unpaired) electrons. The van der Waals surface area contributed by atoms with Crippen molar-refractivity contribution >= 4 is 5.78 Å². The minimum Gasteiger partial charge on any atom is -0.318 e. The van der Waals surface area contributed by atoms with Gasteiger partial charge in [0.1, 0.15) is 0 Å². The summed E-state index contributed by atoms with van der Waals surface area (Å²) in [6.07, 6.45) is 0.918. The second-order valence-electron chi connectivity index (χ2n) is 4.31. The normalized spacial score (nSPS) is 12.1. The van der Waals surface area contributed by atoms with Crippen molar-refractivity contribution in [3.05, 3.63) is 71.3 Å². The van der Waals surface area contributed by atoms with Gasteiger partial charge in [-0.05, 0) is 23.6 Å². The number of carbonyl (C=O) groups is 1. The number of aryl methyl sites for hydroxylation is 1. The van der Waals surface area contributed by atoms with Crippen molar-refractivity contribution in [2.45, 2.75) is 19.4 Å². The molecule has 18 heavy (non-hydrogen) atoms. The summed E-state index contributed by atoms with van der Waals surface area (Å²) < 4.78 is 0. The first-order chi connectivity index (χ1) is 8.72. The molecule has 0 bridgehead atoms. The molecule has 0 saturated heterocycles. The van der Waals surface area contributed by atoms with E-state index in [0.29, 0.717) is 5.56 Å². The van der Waals surface area contributed by atoms with Crippen molar-refractivity contribution in [2.75, 3.05) is 0 Å². The summed E-state index contributed by atoms with van der Waals surface area (Å²) in [6, 6.07) is 16.6. The molecule has 0 spiro atoms. The van der Waals surface area contributed by atoms with Crippen LogP contribution in [0.2, 0.25) is 0 Å². The number of hydrogen-bond donors (Lipinski definition) is 1. The van der Waals surface area contributed by atoms with Gasteiger partial charge in [-0.1, -0.05) is 55.5 Å². The van der Waals surface area contributed by atoms with Crippen LogP contribution in [-0.2, 0) is 6.42 Å². The monoisotopic (exact) mass is 239 g/mol. The molecule has 0 amide bonds. The van der Waals surface area contributed by atoms with Crippen LogP contribution in [0.4, 0.5) is 0 Å². The van der Waals surface area contributed by atoms with E-state index in [-0.39, 0.29) is 5.78 Å². The maximum Gasteiger partial charge on any atom is 0.184 e. The van der Waals surface area contributed by atoms with Crippen molar-refractivity contribution in [3.8, 4) is 0 Å². The summed E-state index contributed by atoms with van der Waals surface area (Å²) in [5.41, 5.74) is 8.70. The number of rotatable bonds is 4. The van der Waals surface area contributed by atoms with Gasteiger partial charge in [0.25, 0.3) is 0 Å². The fraction of sp³-hybridized carbons (Fsp3) is 0.188. The topological polar surface area (TPSA) is 43.1 Å². The Labute approximate surface area is 107 Å². The quantitative estimate of drug-likeness (QED) is 0.833. The molecule has 0 fully saturated rings. The Morgan fingerprint density at radius 2 is 1.83 bits per heavy atom. The first kappa shape index (κ1) is 12.5. The largest absolute Gasteiger partial charge is 0.318 e. The zero-order valence-corrected chi connectivity index (χ0v) is 10.5. The molecule has 0 aliphatic carbocycles. The van der Waals surface area contributed by atoms with Crippen LogP contribution < -0.4 is 5.73 Å². The highest BCUT2D eigenvalue weighted by molar-refractivity contribution is 6.00. The first-order valence-electron chi connectivity index (χ1n) is 6.16. The zero-order valence-electron chi connectivity index (χ0n) is 10.5. The van der Waals surface area contributed by atoms with Crippen LogP contribution in [-0.4, -0.2) is 5.78 Å². The lowest BCUT2D eigenvalue weighted by molar-refractivity contribution is 0.0961. The number of carbonyl (C=O) groups excluding carboxylic acids is 1. The lowest BCUT2D eigenvalue weighted by atomic mass is 9.97. The zero-order chi connectivity index (χ0) is 13.0. The van der Waals surface area contributed by atoms with Crippen molar-refractivity contribution < 1.29 is 4.79 Å². The van der Waals surface area contributed by atoms with Gasteiger partial charge in [-0.25, -0.2) is 0 Å². The van der Waals surface area contributed by atoms with E-state index in [1.54, 1.807) is 0 Å². The van der Waals surface area contributed by atoms with Crippen LogP contribution >= 0.6 is 0 Å². The van der Waals surface area contributed by atoms with Crippen molar-refractivity contribution in [1.82, 2.24) is 0 Å².